The summed E-state index contributed by atoms with van der Waals surface area (Å²) in [5, 5.41) is 8.46. The van der Waals surface area contributed by atoms with E-state index in [1.54, 1.807) is 7.05 Å². The summed E-state index contributed by atoms with van der Waals surface area (Å²) in [7, 11) is 1.65. The molecule has 0 fully saturated rings. The van der Waals surface area contributed by atoms with E-state index in [-0.39, 0.29) is 5.91 Å². The standard InChI is InChI=1S/C17H17N3O/c1-18-16(21)11-12-20-15-10-6-5-9-14(15)17(19-20)13-7-3-2-4-8-13/h2-10H,11-12H2,1H3,(H,18,21). The number of rotatable bonds is 4. The summed E-state index contributed by atoms with van der Waals surface area (Å²) in [5.74, 6) is 0.0239. The predicted octanol–water partition coefficient (Wildman–Crippen LogP) is 2.84. The lowest BCUT2D eigenvalue weighted by atomic mass is 10.1. The van der Waals surface area contributed by atoms with Crippen molar-refractivity contribution in [2.24, 2.45) is 0 Å². The van der Waals surface area contributed by atoms with Crippen LogP contribution in [0.4, 0.5) is 0 Å². The van der Waals surface area contributed by atoms with Crippen molar-refractivity contribution in [3.63, 3.8) is 0 Å². The maximum atomic E-state index is 11.4. The average Bonchev–Trinajstić information content (AvgIpc) is 2.92. The zero-order valence-corrected chi connectivity index (χ0v) is 11.9. The first-order valence-electron chi connectivity index (χ1n) is 7.01. The normalized spacial score (nSPS) is 10.7. The minimum atomic E-state index is 0.0239. The molecule has 0 saturated carbocycles. The first kappa shape index (κ1) is 13.4. The number of para-hydroxylation sites is 1. The Labute approximate surface area is 123 Å². The molecule has 1 aromatic heterocycles. The van der Waals surface area contributed by atoms with E-state index < -0.39 is 0 Å². The van der Waals surface area contributed by atoms with Gasteiger partial charge in [0.15, 0.2) is 0 Å². The number of aryl methyl sites for hydroxylation is 1. The number of hydrogen-bond acceptors (Lipinski definition) is 2. The molecule has 0 atom stereocenters. The molecule has 0 aliphatic heterocycles. The molecular formula is C17H17N3O. The molecule has 0 aliphatic carbocycles. The third-order valence-corrected chi connectivity index (χ3v) is 3.53. The fourth-order valence-corrected chi connectivity index (χ4v) is 2.44. The topological polar surface area (TPSA) is 46.9 Å². The highest BCUT2D eigenvalue weighted by atomic mass is 16.1. The number of nitrogens with one attached hydrogen (secondary N) is 1. The van der Waals surface area contributed by atoms with Gasteiger partial charge in [-0.05, 0) is 6.07 Å². The molecule has 21 heavy (non-hydrogen) atoms. The lowest BCUT2D eigenvalue weighted by molar-refractivity contribution is -0.120. The van der Waals surface area contributed by atoms with Gasteiger partial charge in [0.2, 0.25) is 5.91 Å². The monoisotopic (exact) mass is 279 g/mol. The second-order valence-corrected chi connectivity index (χ2v) is 4.88. The van der Waals surface area contributed by atoms with Crippen molar-refractivity contribution < 1.29 is 4.79 Å². The lowest BCUT2D eigenvalue weighted by Gasteiger charge is -2.02. The summed E-state index contributed by atoms with van der Waals surface area (Å²) >= 11 is 0. The van der Waals surface area contributed by atoms with Crippen molar-refractivity contribution in [3.8, 4) is 11.3 Å². The molecular weight excluding hydrogens is 262 g/mol. The van der Waals surface area contributed by atoms with Gasteiger partial charge >= 0.3 is 0 Å². The second kappa shape index (κ2) is 5.79. The van der Waals surface area contributed by atoms with E-state index in [0.717, 1.165) is 22.2 Å². The Morgan fingerprint density at radius 1 is 1.10 bits per heavy atom. The fourth-order valence-electron chi connectivity index (χ4n) is 2.44. The number of fused-ring (bicyclic) bond motifs is 1. The summed E-state index contributed by atoms with van der Waals surface area (Å²) in [6.45, 7) is 0.576. The highest BCUT2D eigenvalue weighted by Crippen LogP contribution is 2.27. The van der Waals surface area contributed by atoms with E-state index in [0.29, 0.717) is 13.0 Å². The molecule has 106 valence electrons. The van der Waals surface area contributed by atoms with Crippen LogP contribution in [0.25, 0.3) is 22.2 Å². The molecule has 3 aromatic rings. The molecule has 0 bridgehead atoms. The van der Waals surface area contributed by atoms with Crippen LogP contribution in [0.5, 0.6) is 0 Å². The van der Waals surface area contributed by atoms with Crippen LogP contribution < -0.4 is 5.32 Å². The average molecular weight is 279 g/mol. The number of aromatic nitrogens is 2. The molecule has 0 unspecified atom stereocenters. The van der Waals surface area contributed by atoms with Crippen molar-refractivity contribution >= 4 is 16.8 Å². The van der Waals surface area contributed by atoms with Crippen LogP contribution in [-0.4, -0.2) is 22.7 Å². The molecule has 1 N–H and O–H groups in total. The van der Waals surface area contributed by atoms with Gasteiger partial charge in [0, 0.05) is 24.4 Å². The smallest absolute Gasteiger partial charge is 0.221 e. The van der Waals surface area contributed by atoms with Crippen LogP contribution in [0.2, 0.25) is 0 Å². The summed E-state index contributed by atoms with van der Waals surface area (Å²) in [6.07, 6.45) is 0.427. The Morgan fingerprint density at radius 3 is 2.57 bits per heavy atom. The summed E-state index contributed by atoms with van der Waals surface area (Å²) < 4.78 is 1.91. The van der Waals surface area contributed by atoms with Crippen molar-refractivity contribution in [2.75, 3.05) is 7.05 Å². The van der Waals surface area contributed by atoms with Crippen molar-refractivity contribution in [2.45, 2.75) is 13.0 Å². The minimum absolute atomic E-state index is 0.0239. The number of benzene rings is 2. The number of carbonyl (C=O) groups is 1. The Balaban J connectivity index is 2.04. The predicted molar refractivity (Wildman–Crippen MR) is 83.9 cm³/mol. The van der Waals surface area contributed by atoms with Crippen molar-refractivity contribution in [3.05, 3.63) is 54.6 Å². The van der Waals surface area contributed by atoms with Gasteiger partial charge in [0.25, 0.3) is 0 Å². The maximum absolute atomic E-state index is 11.4. The zero-order valence-electron chi connectivity index (χ0n) is 11.9. The minimum Gasteiger partial charge on any atom is -0.359 e. The zero-order chi connectivity index (χ0) is 14.7. The summed E-state index contributed by atoms with van der Waals surface area (Å²) in [5.41, 5.74) is 3.11. The highest BCUT2D eigenvalue weighted by Gasteiger charge is 2.12. The number of hydrogen-bond donors (Lipinski definition) is 1. The molecule has 0 spiro atoms. The van der Waals surface area contributed by atoms with Crippen LogP contribution in [0, 0.1) is 0 Å². The van der Waals surface area contributed by atoms with E-state index in [2.05, 4.69) is 23.5 Å². The third kappa shape index (κ3) is 2.65. The molecule has 4 nitrogen and oxygen atoms in total. The Morgan fingerprint density at radius 2 is 1.81 bits per heavy atom. The quantitative estimate of drug-likeness (QED) is 0.798. The SMILES string of the molecule is CNC(=O)CCn1nc(-c2ccccc2)c2ccccc21. The fraction of sp³-hybridized carbons (Fsp3) is 0.176. The summed E-state index contributed by atoms with van der Waals surface area (Å²) in [6, 6.07) is 18.2. The van der Waals surface area contributed by atoms with Crippen LogP contribution in [0.15, 0.2) is 54.6 Å². The van der Waals surface area contributed by atoms with Crippen LogP contribution >= 0.6 is 0 Å². The van der Waals surface area contributed by atoms with Crippen LogP contribution in [-0.2, 0) is 11.3 Å². The Kier molecular flexibility index (Phi) is 3.69. The summed E-state index contributed by atoms with van der Waals surface area (Å²) in [4.78, 5) is 11.4. The lowest BCUT2D eigenvalue weighted by Crippen LogP contribution is -2.19. The molecule has 4 heteroatoms. The maximum Gasteiger partial charge on any atom is 0.221 e. The number of amides is 1. The first-order chi connectivity index (χ1) is 10.3. The highest BCUT2D eigenvalue weighted by molar-refractivity contribution is 5.93. The molecule has 0 saturated heterocycles. The molecule has 0 aliphatic rings. The van der Waals surface area contributed by atoms with Gasteiger partial charge in [-0.2, -0.15) is 5.10 Å². The van der Waals surface area contributed by atoms with E-state index in [9.17, 15) is 4.79 Å². The second-order valence-electron chi connectivity index (χ2n) is 4.88. The van der Waals surface area contributed by atoms with Gasteiger partial charge in [-0.1, -0.05) is 48.5 Å². The van der Waals surface area contributed by atoms with E-state index in [4.69, 9.17) is 5.10 Å². The molecule has 1 amide bonds. The number of carbonyl (C=O) groups excluding carboxylic acids is 1. The molecule has 2 aromatic carbocycles. The molecule has 3 rings (SSSR count). The number of nitrogens with zero attached hydrogens (tertiary/aromatic N) is 2. The van der Waals surface area contributed by atoms with Gasteiger partial charge in [0.05, 0.1) is 12.1 Å². The Bertz CT molecular complexity index is 762. The van der Waals surface area contributed by atoms with Crippen LogP contribution in [0.3, 0.4) is 0 Å². The first-order valence-corrected chi connectivity index (χ1v) is 7.01. The van der Waals surface area contributed by atoms with Gasteiger partial charge in [-0.3, -0.25) is 9.48 Å². The Hall–Kier alpha value is -2.62. The third-order valence-electron chi connectivity index (χ3n) is 3.53. The van der Waals surface area contributed by atoms with Gasteiger partial charge < -0.3 is 5.32 Å². The van der Waals surface area contributed by atoms with Gasteiger partial charge in [-0.15, -0.1) is 0 Å². The largest absolute Gasteiger partial charge is 0.359 e. The molecule has 1 heterocycles. The van der Waals surface area contributed by atoms with E-state index >= 15 is 0 Å². The van der Waals surface area contributed by atoms with Crippen molar-refractivity contribution in [1.82, 2.24) is 15.1 Å². The van der Waals surface area contributed by atoms with Gasteiger partial charge in [-0.25, -0.2) is 0 Å². The van der Waals surface area contributed by atoms with E-state index in [1.165, 1.54) is 0 Å². The van der Waals surface area contributed by atoms with Crippen LogP contribution in [0.1, 0.15) is 6.42 Å². The van der Waals surface area contributed by atoms with Gasteiger partial charge in [0.1, 0.15) is 5.69 Å². The van der Waals surface area contributed by atoms with E-state index in [1.807, 2.05) is 41.1 Å². The van der Waals surface area contributed by atoms with Crippen molar-refractivity contribution in [1.29, 1.82) is 0 Å². The molecule has 0 radical (unpaired) electrons.